The molecule has 0 saturated heterocycles. The summed E-state index contributed by atoms with van der Waals surface area (Å²) in [5.41, 5.74) is 0.609. The molecule has 1 aromatic rings. The fourth-order valence-corrected chi connectivity index (χ4v) is 3.01. The Bertz CT molecular complexity index is 501. The molecule has 0 unspecified atom stereocenters. The zero-order valence-corrected chi connectivity index (χ0v) is 13.3. The molecule has 1 aromatic carbocycles. The maximum absolute atomic E-state index is 12.4. The SMILES string of the molecule is COc1ccc(C(=O)N[C@H]2CCC[C@@H](C)[C@H]2C)cc1OC. The van der Waals surface area contributed by atoms with Gasteiger partial charge in [-0.1, -0.05) is 26.7 Å². The smallest absolute Gasteiger partial charge is 0.251 e. The molecule has 21 heavy (non-hydrogen) atoms. The van der Waals surface area contributed by atoms with Crippen molar-refractivity contribution in [2.24, 2.45) is 11.8 Å². The highest BCUT2D eigenvalue weighted by atomic mass is 16.5. The normalized spacial score (nSPS) is 25.2. The van der Waals surface area contributed by atoms with Gasteiger partial charge in [0.25, 0.3) is 5.91 Å². The van der Waals surface area contributed by atoms with Crippen LogP contribution in [0, 0.1) is 11.8 Å². The van der Waals surface area contributed by atoms with Gasteiger partial charge in [0.05, 0.1) is 14.2 Å². The van der Waals surface area contributed by atoms with E-state index >= 15 is 0 Å². The van der Waals surface area contributed by atoms with Gasteiger partial charge in [-0.3, -0.25) is 4.79 Å². The summed E-state index contributed by atoms with van der Waals surface area (Å²) >= 11 is 0. The molecule has 0 radical (unpaired) electrons. The number of amides is 1. The van der Waals surface area contributed by atoms with E-state index in [4.69, 9.17) is 9.47 Å². The Morgan fingerprint density at radius 3 is 2.52 bits per heavy atom. The van der Waals surface area contributed by atoms with E-state index in [1.807, 2.05) is 0 Å². The average molecular weight is 291 g/mol. The molecule has 1 fully saturated rings. The van der Waals surface area contributed by atoms with E-state index < -0.39 is 0 Å². The summed E-state index contributed by atoms with van der Waals surface area (Å²) in [5, 5.41) is 3.17. The largest absolute Gasteiger partial charge is 0.493 e. The van der Waals surface area contributed by atoms with Crippen LogP contribution in [-0.2, 0) is 0 Å². The fourth-order valence-electron chi connectivity index (χ4n) is 3.01. The number of carbonyl (C=O) groups is 1. The molecule has 4 heteroatoms. The zero-order valence-electron chi connectivity index (χ0n) is 13.3. The van der Waals surface area contributed by atoms with E-state index in [1.54, 1.807) is 32.4 Å². The number of rotatable bonds is 4. The minimum absolute atomic E-state index is 0.0399. The summed E-state index contributed by atoms with van der Waals surface area (Å²) in [4.78, 5) is 12.4. The molecule has 116 valence electrons. The number of ether oxygens (including phenoxy) is 2. The molecule has 1 saturated carbocycles. The van der Waals surface area contributed by atoms with Gasteiger partial charge < -0.3 is 14.8 Å². The first kappa shape index (κ1) is 15.7. The third-order valence-corrected chi connectivity index (χ3v) is 4.67. The second-order valence-corrected chi connectivity index (χ2v) is 5.92. The van der Waals surface area contributed by atoms with Crippen LogP contribution in [0.5, 0.6) is 11.5 Å². The molecule has 0 heterocycles. The first-order valence-corrected chi connectivity index (χ1v) is 7.59. The van der Waals surface area contributed by atoms with Crippen molar-refractivity contribution < 1.29 is 14.3 Å². The van der Waals surface area contributed by atoms with Crippen molar-refractivity contribution in [1.29, 1.82) is 0 Å². The maximum Gasteiger partial charge on any atom is 0.251 e. The minimum Gasteiger partial charge on any atom is -0.493 e. The summed E-state index contributed by atoms with van der Waals surface area (Å²) < 4.78 is 10.4. The molecule has 4 nitrogen and oxygen atoms in total. The van der Waals surface area contributed by atoms with Crippen molar-refractivity contribution in [2.75, 3.05) is 14.2 Å². The Hall–Kier alpha value is -1.71. The summed E-state index contributed by atoms with van der Waals surface area (Å²) in [6.45, 7) is 4.49. The van der Waals surface area contributed by atoms with E-state index in [2.05, 4.69) is 19.2 Å². The van der Waals surface area contributed by atoms with Crippen molar-refractivity contribution in [3.63, 3.8) is 0 Å². The molecular formula is C17H25NO3. The van der Waals surface area contributed by atoms with Crippen LogP contribution in [0.3, 0.4) is 0 Å². The molecular weight excluding hydrogens is 266 g/mol. The van der Waals surface area contributed by atoms with Crippen molar-refractivity contribution in [3.05, 3.63) is 23.8 Å². The molecule has 0 bridgehead atoms. The number of hydrogen-bond donors (Lipinski definition) is 1. The van der Waals surface area contributed by atoms with Gasteiger partial charge in [-0.2, -0.15) is 0 Å². The van der Waals surface area contributed by atoms with Gasteiger partial charge in [0.2, 0.25) is 0 Å². The van der Waals surface area contributed by atoms with Crippen molar-refractivity contribution in [1.82, 2.24) is 5.32 Å². The van der Waals surface area contributed by atoms with Crippen LogP contribution in [-0.4, -0.2) is 26.2 Å². The molecule has 1 aliphatic rings. The van der Waals surface area contributed by atoms with E-state index in [9.17, 15) is 4.79 Å². The molecule has 0 aromatic heterocycles. The van der Waals surface area contributed by atoms with Gasteiger partial charge in [-0.05, 0) is 36.5 Å². The first-order valence-electron chi connectivity index (χ1n) is 7.59. The van der Waals surface area contributed by atoms with Gasteiger partial charge in [0.1, 0.15) is 0 Å². The average Bonchev–Trinajstić information content (AvgIpc) is 2.51. The standard InChI is InChI=1S/C17H25NO3/c1-11-6-5-7-14(12(11)2)18-17(19)13-8-9-15(20-3)16(10-13)21-4/h8-12,14H,5-7H2,1-4H3,(H,18,19)/t11-,12-,14+/m1/s1. The van der Waals surface area contributed by atoms with Gasteiger partial charge in [0, 0.05) is 11.6 Å². The van der Waals surface area contributed by atoms with Crippen LogP contribution in [0.1, 0.15) is 43.5 Å². The van der Waals surface area contributed by atoms with Crippen LogP contribution >= 0.6 is 0 Å². The van der Waals surface area contributed by atoms with Crippen LogP contribution < -0.4 is 14.8 Å². The van der Waals surface area contributed by atoms with Gasteiger partial charge in [-0.15, -0.1) is 0 Å². The molecule has 3 atom stereocenters. The van der Waals surface area contributed by atoms with Gasteiger partial charge >= 0.3 is 0 Å². The summed E-state index contributed by atoms with van der Waals surface area (Å²) in [7, 11) is 3.16. The first-order chi connectivity index (χ1) is 10.1. The minimum atomic E-state index is -0.0399. The monoisotopic (exact) mass is 291 g/mol. The highest BCUT2D eigenvalue weighted by Crippen LogP contribution is 2.30. The van der Waals surface area contributed by atoms with E-state index in [1.165, 1.54) is 12.8 Å². The van der Waals surface area contributed by atoms with Crippen molar-refractivity contribution >= 4 is 5.91 Å². The highest BCUT2D eigenvalue weighted by molar-refractivity contribution is 5.95. The molecule has 1 N–H and O–H groups in total. The molecule has 1 aliphatic carbocycles. The lowest BCUT2D eigenvalue weighted by atomic mass is 9.78. The lowest BCUT2D eigenvalue weighted by Crippen LogP contribution is -2.43. The van der Waals surface area contributed by atoms with Gasteiger partial charge in [0.15, 0.2) is 11.5 Å². The van der Waals surface area contributed by atoms with Gasteiger partial charge in [-0.25, -0.2) is 0 Å². The molecule has 2 rings (SSSR count). The predicted octanol–water partition coefficient (Wildman–Crippen LogP) is 3.26. The third kappa shape index (κ3) is 3.49. The lowest BCUT2D eigenvalue weighted by molar-refractivity contribution is 0.0890. The number of carbonyl (C=O) groups excluding carboxylic acids is 1. The quantitative estimate of drug-likeness (QED) is 0.926. The summed E-state index contributed by atoms with van der Waals surface area (Å²) in [6.07, 6.45) is 3.50. The Morgan fingerprint density at radius 2 is 1.86 bits per heavy atom. The zero-order chi connectivity index (χ0) is 15.4. The number of hydrogen-bond acceptors (Lipinski definition) is 3. The van der Waals surface area contributed by atoms with Crippen LogP contribution in [0.25, 0.3) is 0 Å². The Morgan fingerprint density at radius 1 is 1.14 bits per heavy atom. The topological polar surface area (TPSA) is 47.6 Å². The van der Waals surface area contributed by atoms with E-state index in [0.717, 1.165) is 6.42 Å². The van der Waals surface area contributed by atoms with Crippen LogP contribution in [0.15, 0.2) is 18.2 Å². The predicted molar refractivity (Wildman–Crippen MR) is 83.0 cm³/mol. The van der Waals surface area contributed by atoms with E-state index in [0.29, 0.717) is 28.9 Å². The summed E-state index contributed by atoms with van der Waals surface area (Å²) in [5.74, 6) is 2.35. The lowest BCUT2D eigenvalue weighted by Gasteiger charge is -2.34. The second-order valence-electron chi connectivity index (χ2n) is 5.92. The molecule has 0 aliphatic heterocycles. The van der Waals surface area contributed by atoms with Crippen molar-refractivity contribution in [3.8, 4) is 11.5 Å². The maximum atomic E-state index is 12.4. The van der Waals surface area contributed by atoms with Crippen LogP contribution in [0.2, 0.25) is 0 Å². The number of methoxy groups -OCH3 is 2. The Balaban J connectivity index is 2.09. The van der Waals surface area contributed by atoms with E-state index in [-0.39, 0.29) is 11.9 Å². The van der Waals surface area contributed by atoms with Crippen molar-refractivity contribution in [2.45, 2.75) is 39.2 Å². The van der Waals surface area contributed by atoms with Crippen LogP contribution in [0.4, 0.5) is 0 Å². The number of nitrogens with one attached hydrogen (secondary N) is 1. The Kier molecular flexibility index (Phi) is 5.10. The summed E-state index contributed by atoms with van der Waals surface area (Å²) in [6, 6.07) is 5.52. The molecule has 0 spiro atoms. The number of benzene rings is 1. The fraction of sp³-hybridized carbons (Fsp3) is 0.588. The highest BCUT2D eigenvalue weighted by Gasteiger charge is 2.28. The molecule has 1 amide bonds. The second kappa shape index (κ2) is 6.83. The Labute approximate surface area is 126 Å². The third-order valence-electron chi connectivity index (χ3n) is 4.67.